The molecule has 0 saturated heterocycles. The maximum atomic E-state index is 13.5. The summed E-state index contributed by atoms with van der Waals surface area (Å²) in [5.74, 6) is -2.29. The summed E-state index contributed by atoms with van der Waals surface area (Å²) in [7, 11) is 0. The summed E-state index contributed by atoms with van der Waals surface area (Å²) >= 11 is 11.9. The monoisotopic (exact) mass is 537 g/mol. The van der Waals surface area contributed by atoms with E-state index in [9.17, 15) is 27.2 Å². The molecule has 1 aliphatic rings. The molecule has 5 nitrogen and oxygen atoms in total. The molecule has 0 radical (unpaired) electrons. The van der Waals surface area contributed by atoms with Crippen molar-refractivity contribution < 1.29 is 27.2 Å². The molecular formula is C25H17Cl2F4N3O2. The van der Waals surface area contributed by atoms with Gasteiger partial charge in [0, 0.05) is 21.2 Å². The third-order valence-corrected chi connectivity index (χ3v) is 5.68. The van der Waals surface area contributed by atoms with Crippen molar-refractivity contribution in [3.63, 3.8) is 0 Å². The molecule has 11 heteroatoms. The maximum Gasteiger partial charge on any atom is 0.406 e. The number of para-hydroxylation sites is 1. The van der Waals surface area contributed by atoms with Crippen molar-refractivity contribution in [3.8, 4) is 0 Å². The van der Waals surface area contributed by atoms with Gasteiger partial charge in [-0.25, -0.2) is 9.38 Å². The van der Waals surface area contributed by atoms with Gasteiger partial charge in [-0.3, -0.25) is 14.5 Å². The maximum absolute atomic E-state index is 13.5. The Balaban J connectivity index is 1.76. The Morgan fingerprint density at radius 2 is 1.64 bits per heavy atom. The largest absolute Gasteiger partial charge is 0.406 e. The van der Waals surface area contributed by atoms with Crippen LogP contribution in [0, 0.1) is 5.82 Å². The number of alkyl halides is 3. The molecule has 0 fully saturated rings. The zero-order valence-corrected chi connectivity index (χ0v) is 19.8. The average molecular weight is 538 g/mol. The summed E-state index contributed by atoms with van der Waals surface area (Å²) in [6.07, 6.45) is -6.66. The van der Waals surface area contributed by atoms with Crippen LogP contribution in [0.1, 0.15) is 16.7 Å². The number of carbonyl (C=O) groups excluding carboxylic acids is 2. The minimum atomic E-state index is -4.73. The molecule has 0 aliphatic carbocycles. The highest BCUT2D eigenvalue weighted by molar-refractivity contribution is 6.34. The lowest BCUT2D eigenvalue weighted by atomic mass is 10.00. The molecule has 1 atom stereocenters. The Kier molecular flexibility index (Phi) is 7.33. The summed E-state index contributed by atoms with van der Waals surface area (Å²) in [6.45, 7) is -1.59. The summed E-state index contributed by atoms with van der Waals surface area (Å²) < 4.78 is 54.0. The van der Waals surface area contributed by atoms with Gasteiger partial charge in [0.25, 0.3) is 5.91 Å². The topological polar surface area (TPSA) is 61.8 Å². The van der Waals surface area contributed by atoms with Crippen LogP contribution in [0.4, 0.5) is 23.2 Å². The second kappa shape index (κ2) is 10.3. The first-order valence-electron chi connectivity index (χ1n) is 10.6. The van der Waals surface area contributed by atoms with E-state index in [2.05, 4.69) is 10.3 Å². The lowest BCUT2D eigenvalue weighted by Crippen LogP contribution is -2.50. The highest BCUT2D eigenvalue weighted by atomic mass is 35.5. The fourth-order valence-corrected chi connectivity index (χ4v) is 4.38. The third-order valence-electron chi connectivity index (χ3n) is 5.25. The number of anilines is 1. The van der Waals surface area contributed by atoms with Gasteiger partial charge < -0.3 is 5.32 Å². The third kappa shape index (κ3) is 6.03. The molecule has 0 saturated carbocycles. The molecule has 4 rings (SSSR count). The lowest BCUT2D eigenvalue weighted by molar-refractivity contribution is -0.134. The van der Waals surface area contributed by atoms with Gasteiger partial charge >= 0.3 is 6.18 Å². The van der Waals surface area contributed by atoms with Gasteiger partial charge in [0.15, 0.2) is 0 Å². The molecule has 0 aromatic heterocycles. The van der Waals surface area contributed by atoms with Crippen molar-refractivity contribution >= 4 is 46.4 Å². The number of halogens is 6. The minimum Gasteiger partial charge on any atom is -0.326 e. The predicted octanol–water partition coefficient (Wildman–Crippen LogP) is 5.56. The highest BCUT2D eigenvalue weighted by Crippen LogP contribution is 2.31. The molecule has 1 heterocycles. The zero-order chi connectivity index (χ0) is 26.0. The summed E-state index contributed by atoms with van der Waals surface area (Å²) in [6, 6.07) is 15.5. The van der Waals surface area contributed by atoms with Crippen LogP contribution in [0.25, 0.3) is 0 Å². The lowest BCUT2D eigenvalue weighted by Gasteiger charge is -2.26. The first-order chi connectivity index (χ1) is 17.0. The first-order valence-corrected chi connectivity index (χ1v) is 11.3. The fraction of sp³-hybridized carbons (Fsp3) is 0.160. The van der Waals surface area contributed by atoms with E-state index in [1.807, 2.05) is 0 Å². The molecule has 1 N–H and O–H groups in total. The fourth-order valence-electron chi connectivity index (χ4n) is 3.81. The van der Waals surface area contributed by atoms with Crippen molar-refractivity contribution in [3.05, 3.63) is 99.3 Å². The molecule has 1 unspecified atom stereocenters. The van der Waals surface area contributed by atoms with Crippen molar-refractivity contribution in [2.45, 2.75) is 18.8 Å². The highest BCUT2D eigenvalue weighted by Gasteiger charge is 2.39. The number of amides is 2. The second-order valence-electron chi connectivity index (χ2n) is 7.97. The van der Waals surface area contributed by atoms with Gasteiger partial charge in [0.05, 0.1) is 17.8 Å². The Morgan fingerprint density at radius 3 is 2.28 bits per heavy atom. The molecule has 3 aromatic rings. The molecule has 1 aliphatic heterocycles. The van der Waals surface area contributed by atoms with Gasteiger partial charge in [-0.2, -0.15) is 13.2 Å². The van der Waals surface area contributed by atoms with Crippen molar-refractivity contribution in [1.82, 2.24) is 5.32 Å². The summed E-state index contributed by atoms with van der Waals surface area (Å²) in [5, 5.41) is 2.99. The SMILES string of the molecule is O=C(Cc1cc(Cl)cc(Cl)c1)NC1N=C(c2ccc(F)cc2)c2ccccc2N(CC(F)(F)F)C1=O. The van der Waals surface area contributed by atoms with Crippen molar-refractivity contribution in [2.75, 3.05) is 11.4 Å². The van der Waals surface area contributed by atoms with E-state index in [-0.39, 0.29) is 23.4 Å². The van der Waals surface area contributed by atoms with Crippen LogP contribution in [0.2, 0.25) is 10.0 Å². The summed E-state index contributed by atoms with van der Waals surface area (Å²) in [4.78, 5) is 31.0. The number of benzodiazepines with no additional fused rings is 1. The van der Waals surface area contributed by atoms with E-state index in [4.69, 9.17) is 23.2 Å². The van der Waals surface area contributed by atoms with Crippen LogP contribution < -0.4 is 10.2 Å². The van der Waals surface area contributed by atoms with Gasteiger partial charge in [0.1, 0.15) is 12.4 Å². The van der Waals surface area contributed by atoms with Crippen LogP contribution in [0.3, 0.4) is 0 Å². The molecule has 0 bridgehead atoms. The van der Waals surface area contributed by atoms with Gasteiger partial charge in [0.2, 0.25) is 12.1 Å². The minimum absolute atomic E-state index is 0.0405. The Labute approximate surface area is 213 Å². The van der Waals surface area contributed by atoms with Crippen molar-refractivity contribution in [1.29, 1.82) is 0 Å². The quantitative estimate of drug-likeness (QED) is 0.433. The van der Waals surface area contributed by atoms with E-state index in [1.54, 1.807) is 6.07 Å². The second-order valence-corrected chi connectivity index (χ2v) is 8.84. The van der Waals surface area contributed by atoms with Crippen LogP contribution in [0.5, 0.6) is 0 Å². The molecule has 186 valence electrons. The zero-order valence-electron chi connectivity index (χ0n) is 18.3. The number of nitrogens with zero attached hydrogens (tertiary/aromatic N) is 2. The number of hydrogen-bond donors (Lipinski definition) is 1. The first kappa shape index (κ1) is 25.7. The number of nitrogens with one attached hydrogen (secondary N) is 1. The van der Waals surface area contributed by atoms with E-state index in [0.717, 1.165) is 12.1 Å². The number of hydrogen-bond acceptors (Lipinski definition) is 3. The number of aliphatic imine (C=N–C) groups is 1. The Bertz CT molecular complexity index is 1320. The van der Waals surface area contributed by atoms with E-state index >= 15 is 0 Å². The van der Waals surface area contributed by atoms with Gasteiger partial charge in [-0.1, -0.05) is 41.4 Å². The average Bonchev–Trinajstić information content (AvgIpc) is 2.89. The van der Waals surface area contributed by atoms with Crippen LogP contribution in [-0.2, 0) is 16.0 Å². The Morgan fingerprint density at radius 1 is 1.00 bits per heavy atom. The number of benzene rings is 3. The van der Waals surface area contributed by atoms with Crippen LogP contribution in [-0.4, -0.2) is 36.4 Å². The van der Waals surface area contributed by atoms with E-state index < -0.39 is 36.5 Å². The summed E-state index contributed by atoms with van der Waals surface area (Å²) in [5.41, 5.74) is 1.09. The molecule has 2 amide bonds. The molecule has 3 aromatic carbocycles. The van der Waals surface area contributed by atoms with E-state index in [0.29, 0.717) is 26.1 Å². The standard InChI is InChI=1S/C25H17Cl2F4N3O2/c26-16-9-14(10-17(27)12-16)11-21(35)32-23-24(36)34(13-25(29,30)31)20-4-2-1-3-19(20)22(33-23)15-5-7-18(28)8-6-15/h1-10,12,23H,11,13H2,(H,32,35). The van der Waals surface area contributed by atoms with Gasteiger partial charge in [-0.15, -0.1) is 0 Å². The Hall–Kier alpha value is -3.43. The van der Waals surface area contributed by atoms with Gasteiger partial charge in [-0.05, 0) is 54.1 Å². The van der Waals surface area contributed by atoms with Crippen molar-refractivity contribution in [2.24, 2.45) is 4.99 Å². The number of rotatable bonds is 5. The molecule has 36 heavy (non-hydrogen) atoms. The van der Waals surface area contributed by atoms with Crippen LogP contribution >= 0.6 is 23.2 Å². The number of fused-ring (bicyclic) bond motifs is 1. The number of carbonyl (C=O) groups is 2. The van der Waals surface area contributed by atoms with E-state index in [1.165, 1.54) is 48.5 Å². The molecule has 0 spiro atoms. The predicted molar refractivity (Wildman–Crippen MR) is 129 cm³/mol. The normalized spacial score (nSPS) is 15.7. The smallest absolute Gasteiger partial charge is 0.326 e. The van der Waals surface area contributed by atoms with Crippen LogP contribution in [0.15, 0.2) is 71.7 Å². The molecular weight excluding hydrogens is 521 g/mol.